The normalized spacial score (nSPS) is 12.0. The van der Waals surface area contributed by atoms with E-state index in [1.807, 2.05) is 0 Å². The fourth-order valence-corrected chi connectivity index (χ4v) is 15.3. The topological polar surface area (TPSA) is 27.7 Å². The van der Waals surface area contributed by atoms with Crippen molar-refractivity contribution in [2.45, 2.75) is 0 Å². The van der Waals surface area contributed by atoms with Crippen LogP contribution in [0.3, 0.4) is 0 Å². The van der Waals surface area contributed by atoms with Crippen LogP contribution in [0.1, 0.15) is 0 Å². The van der Waals surface area contributed by atoms with Crippen molar-refractivity contribution in [3.63, 3.8) is 0 Å². The highest BCUT2D eigenvalue weighted by Gasteiger charge is 2.23. The molecule has 19 rings (SSSR count). The minimum Gasteiger partial charge on any atom is -0.309 e. The van der Waals surface area contributed by atoms with Gasteiger partial charge in [0.2, 0.25) is 0 Å². The number of hydrogen-bond donors (Lipinski definition) is 0. The molecule has 0 saturated heterocycles. The summed E-state index contributed by atoms with van der Waals surface area (Å²) in [4.78, 5) is 5.22. The van der Waals surface area contributed by atoms with Gasteiger partial charge in [0.25, 0.3) is 0 Å². The molecule has 0 saturated carbocycles. The average molecular weight is 1160 g/mol. The number of hydrogen-bond acceptors (Lipinski definition) is 1. The lowest BCUT2D eigenvalue weighted by Gasteiger charge is -2.21. The lowest BCUT2D eigenvalue weighted by atomic mass is 9.82. The molecule has 0 aliphatic carbocycles. The maximum absolute atomic E-state index is 5.22. The van der Waals surface area contributed by atoms with Gasteiger partial charge in [-0.15, -0.1) is 0 Å². The number of aromatic nitrogens is 4. The zero-order chi connectivity index (χ0) is 59.7. The monoisotopic (exact) mass is 1150 g/mol. The number of benzene rings is 16. The summed E-state index contributed by atoms with van der Waals surface area (Å²) in [6.45, 7) is 0. The second-order valence-corrected chi connectivity index (χ2v) is 24.1. The van der Waals surface area contributed by atoms with Crippen LogP contribution in [0, 0.1) is 0 Å². The van der Waals surface area contributed by atoms with Crippen LogP contribution >= 0.6 is 0 Å². The second-order valence-electron chi connectivity index (χ2n) is 24.1. The highest BCUT2D eigenvalue weighted by atomic mass is 15.1. The Bertz CT molecular complexity index is 6020. The summed E-state index contributed by atoms with van der Waals surface area (Å²) in [5, 5.41) is 17.0. The Morgan fingerprint density at radius 1 is 0.187 bits per heavy atom. The van der Waals surface area contributed by atoms with Crippen molar-refractivity contribution in [1.29, 1.82) is 0 Å². The first-order valence-electron chi connectivity index (χ1n) is 31.3. The minimum absolute atomic E-state index is 0.926. The van der Waals surface area contributed by atoms with Crippen LogP contribution in [-0.2, 0) is 0 Å². The van der Waals surface area contributed by atoms with E-state index in [1.54, 1.807) is 0 Å². The zero-order valence-electron chi connectivity index (χ0n) is 49.5. The number of rotatable bonds is 8. The second kappa shape index (κ2) is 20.2. The standard InChI is InChI=1S/C87H54N4/c1-2-20-62(21-3-1)91-82-37-19-14-32-77(82)88-87(91)61-41-39-57-52-59(40-38-58(57)53-61)85-71-28-6-8-30-73(71)86(74-31-9-7-29-72(74)85)60-46-51-75-76(54-60)84(56-44-49-64(50-45-56)90-80-35-17-12-24-67(80)68-25-13-18-36-81(68)90)70-27-5-4-26-69(70)83(75)55-42-47-63(48-43-55)89-78-33-15-10-22-65(78)66-23-11-16-34-79(66)89/h1-54H. The first kappa shape index (κ1) is 51.0. The Balaban J connectivity index is 0.798. The van der Waals surface area contributed by atoms with E-state index in [0.29, 0.717) is 0 Å². The number of fused-ring (bicyclic) bond motifs is 12. The first-order valence-corrected chi connectivity index (χ1v) is 31.3. The van der Waals surface area contributed by atoms with Crippen LogP contribution in [0.25, 0.3) is 181 Å². The SMILES string of the molecule is c1ccc(-n2c(-c3ccc4cc(-c5c6ccccc6c(-c6ccc7c(-c8ccc(-n9c%10ccccc%10c%10ccccc%109)cc8)c8ccccc8c(-c8ccc(-n9c%10ccccc%10c%10ccccc%109)cc8)c7c6)c6ccccc56)ccc4c3)nc3ccccc32)cc1. The number of para-hydroxylation sites is 7. The summed E-state index contributed by atoms with van der Waals surface area (Å²) >= 11 is 0. The van der Waals surface area contributed by atoms with Crippen molar-refractivity contribution in [2.75, 3.05) is 0 Å². The Labute approximate surface area is 524 Å². The predicted octanol–water partition coefficient (Wildman–Crippen LogP) is 23.3. The van der Waals surface area contributed by atoms with E-state index in [1.165, 1.54) is 137 Å². The molecule has 0 spiro atoms. The van der Waals surface area contributed by atoms with Crippen molar-refractivity contribution >= 4 is 109 Å². The van der Waals surface area contributed by atoms with Crippen molar-refractivity contribution in [2.24, 2.45) is 0 Å². The van der Waals surface area contributed by atoms with Gasteiger partial charge in [0.05, 0.1) is 33.1 Å². The fraction of sp³-hybridized carbons (Fsp3) is 0. The summed E-state index contributed by atoms with van der Waals surface area (Å²) in [7, 11) is 0. The molecule has 19 aromatic rings. The maximum Gasteiger partial charge on any atom is 0.145 e. The molecular weight excluding hydrogens is 1100 g/mol. The third-order valence-corrected chi connectivity index (χ3v) is 19.2. The zero-order valence-corrected chi connectivity index (χ0v) is 49.5. The maximum atomic E-state index is 5.22. The molecule has 0 amide bonds. The molecule has 3 heterocycles. The molecule has 0 aliphatic rings. The lowest BCUT2D eigenvalue weighted by molar-refractivity contribution is 1.10. The van der Waals surface area contributed by atoms with E-state index < -0.39 is 0 Å². The highest BCUT2D eigenvalue weighted by Crippen LogP contribution is 2.49. The van der Waals surface area contributed by atoms with E-state index >= 15 is 0 Å². The van der Waals surface area contributed by atoms with Crippen LogP contribution < -0.4 is 0 Å². The molecular formula is C87H54N4. The minimum atomic E-state index is 0.926. The summed E-state index contributed by atoms with van der Waals surface area (Å²) in [6, 6.07) is 121. The van der Waals surface area contributed by atoms with Gasteiger partial charge in [-0.1, -0.05) is 237 Å². The Hall–Kier alpha value is -12.1. The summed E-state index contributed by atoms with van der Waals surface area (Å²) in [5.41, 5.74) is 20.9. The summed E-state index contributed by atoms with van der Waals surface area (Å²) in [6.07, 6.45) is 0. The number of imidazole rings is 1. The average Bonchev–Trinajstić information content (AvgIpc) is 1.65. The van der Waals surface area contributed by atoms with Gasteiger partial charge in [0, 0.05) is 44.2 Å². The van der Waals surface area contributed by atoms with Gasteiger partial charge >= 0.3 is 0 Å². The lowest BCUT2D eigenvalue weighted by Crippen LogP contribution is -1.97. The Kier molecular flexibility index (Phi) is 11.3. The molecule has 3 aromatic heterocycles. The van der Waals surface area contributed by atoms with Crippen LogP contribution in [0.5, 0.6) is 0 Å². The third-order valence-electron chi connectivity index (χ3n) is 19.2. The number of nitrogens with zero attached hydrogens (tertiary/aromatic N) is 4. The van der Waals surface area contributed by atoms with Gasteiger partial charge in [0.15, 0.2) is 0 Å². The molecule has 4 heteroatoms. The van der Waals surface area contributed by atoms with E-state index in [0.717, 1.165) is 44.9 Å². The molecule has 16 aromatic carbocycles. The van der Waals surface area contributed by atoms with E-state index in [-0.39, 0.29) is 0 Å². The molecule has 0 aliphatic heterocycles. The van der Waals surface area contributed by atoms with Gasteiger partial charge in [-0.3, -0.25) is 4.57 Å². The van der Waals surface area contributed by atoms with Crippen LogP contribution in [0.4, 0.5) is 0 Å². The van der Waals surface area contributed by atoms with Gasteiger partial charge in [-0.2, -0.15) is 0 Å². The quantitative estimate of drug-likeness (QED) is 0.139. The highest BCUT2D eigenvalue weighted by molar-refractivity contribution is 6.25. The Morgan fingerprint density at radius 3 is 0.956 bits per heavy atom. The van der Waals surface area contributed by atoms with Gasteiger partial charge < -0.3 is 9.13 Å². The molecule has 422 valence electrons. The smallest absolute Gasteiger partial charge is 0.145 e. The van der Waals surface area contributed by atoms with Crippen molar-refractivity contribution < 1.29 is 0 Å². The van der Waals surface area contributed by atoms with Crippen molar-refractivity contribution in [1.82, 2.24) is 18.7 Å². The molecule has 91 heavy (non-hydrogen) atoms. The summed E-state index contributed by atoms with van der Waals surface area (Å²) < 4.78 is 7.10. The van der Waals surface area contributed by atoms with E-state index in [2.05, 4.69) is 341 Å². The molecule has 0 bridgehead atoms. The third kappa shape index (κ3) is 7.86. The van der Waals surface area contributed by atoms with Crippen molar-refractivity contribution in [3.8, 4) is 73.0 Å². The fourth-order valence-electron chi connectivity index (χ4n) is 15.3. The summed E-state index contributed by atoms with van der Waals surface area (Å²) in [5.74, 6) is 0.926. The predicted molar refractivity (Wildman–Crippen MR) is 384 cm³/mol. The van der Waals surface area contributed by atoms with E-state index in [4.69, 9.17) is 4.98 Å². The molecule has 0 fully saturated rings. The molecule has 4 nitrogen and oxygen atoms in total. The van der Waals surface area contributed by atoms with Gasteiger partial charge in [0.1, 0.15) is 5.82 Å². The van der Waals surface area contributed by atoms with Crippen LogP contribution in [-0.4, -0.2) is 18.7 Å². The van der Waals surface area contributed by atoms with Gasteiger partial charge in [-0.05, 0) is 189 Å². The van der Waals surface area contributed by atoms with E-state index in [9.17, 15) is 0 Å². The van der Waals surface area contributed by atoms with Crippen molar-refractivity contribution in [3.05, 3.63) is 328 Å². The first-order chi connectivity index (χ1) is 45.2. The van der Waals surface area contributed by atoms with Gasteiger partial charge in [-0.25, -0.2) is 4.98 Å². The molecule has 0 N–H and O–H groups in total. The van der Waals surface area contributed by atoms with Crippen LogP contribution in [0.15, 0.2) is 328 Å². The largest absolute Gasteiger partial charge is 0.309 e. The van der Waals surface area contributed by atoms with Crippen LogP contribution in [0.2, 0.25) is 0 Å². The molecule has 0 radical (unpaired) electrons. The molecule has 0 atom stereocenters. The molecule has 0 unspecified atom stereocenters. The Morgan fingerprint density at radius 2 is 0.495 bits per heavy atom.